The minimum Gasteiger partial charge on any atom is -0.512 e. The first-order chi connectivity index (χ1) is 10.1. The third-order valence-electron chi connectivity index (χ3n) is 1.27. The van der Waals surface area contributed by atoms with E-state index in [2.05, 4.69) is 0 Å². The second kappa shape index (κ2) is 29.1. The van der Waals surface area contributed by atoms with Crippen molar-refractivity contribution in [2.45, 2.75) is 54.4 Å². The Kier molecular flexibility index (Phi) is 42.5. The fraction of sp³-hybridized carbons (Fsp3) is 0.625. The number of hydrogen-bond acceptors (Lipinski definition) is 6. The van der Waals surface area contributed by atoms with Crippen LogP contribution in [0.5, 0.6) is 0 Å². The molecule has 0 aliphatic carbocycles. The first-order valence-corrected chi connectivity index (χ1v) is 7.06. The van der Waals surface area contributed by atoms with Crippen LogP contribution >= 0.6 is 0 Å². The number of aliphatic hydroxyl groups excluding tert-OH is 4. The Hall–Kier alpha value is -0.946. The van der Waals surface area contributed by atoms with E-state index in [0.717, 1.165) is 12.8 Å². The molecule has 0 unspecified atom stereocenters. The van der Waals surface area contributed by atoms with Gasteiger partial charge in [-0.2, -0.15) is 0 Å². The van der Waals surface area contributed by atoms with Gasteiger partial charge in [-0.15, -0.1) is 0 Å². The Bertz CT molecular complexity index is 281. The van der Waals surface area contributed by atoms with E-state index in [0.29, 0.717) is 13.2 Å². The number of ketones is 2. The minimum atomic E-state index is -0.125. The van der Waals surface area contributed by atoms with E-state index in [1.165, 1.54) is 39.8 Å². The molecular weight excluding hydrogens is 336 g/mol. The standard InChI is InChI=1S/2C5H8O2.2C3H8O.Ti/c2*1-4(6)3-5(2)7;2*1-2-3-4;/h2*3,6H,1-2H3;2*4H,2-3H2,1H3;. The largest absolute Gasteiger partial charge is 0.512 e. The molecule has 0 heterocycles. The molecule has 23 heavy (non-hydrogen) atoms. The van der Waals surface area contributed by atoms with Crippen molar-refractivity contribution in [3.8, 4) is 0 Å². The van der Waals surface area contributed by atoms with Gasteiger partial charge in [0.05, 0.1) is 11.5 Å². The molecule has 0 spiro atoms. The predicted octanol–water partition coefficient (Wildman–Crippen LogP) is 2.85. The van der Waals surface area contributed by atoms with Crippen LogP contribution in [0, 0.1) is 0 Å². The molecule has 136 valence electrons. The third-order valence-corrected chi connectivity index (χ3v) is 1.27. The second-order valence-corrected chi connectivity index (χ2v) is 4.24. The van der Waals surface area contributed by atoms with Crippen molar-refractivity contribution in [1.82, 2.24) is 0 Å². The molecule has 0 atom stereocenters. The summed E-state index contributed by atoms with van der Waals surface area (Å²) in [7, 11) is 0. The Morgan fingerprint density at radius 3 is 0.913 bits per heavy atom. The van der Waals surface area contributed by atoms with E-state index in [-0.39, 0.29) is 44.8 Å². The van der Waals surface area contributed by atoms with Crippen LogP contribution in [-0.4, -0.2) is 45.2 Å². The first kappa shape index (κ1) is 33.6. The van der Waals surface area contributed by atoms with E-state index >= 15 is 0 Å². The monoisotopic (exact) mass is 368 g/mol. The number of hydrogen-bond donors (Lipinski definition) is 4. The third kappa shape index (κ3) is 93.2. The van der Waals surface area contributed by atoms with Crippen LogP contribution in [0.4, 0.5) is 0 Å². The summed E-state index contributed by atoms with van der Waals surface area (Å²) in [5, 5.41) is 32.5. The molecule has 0 aromatic carbocycles. The van der Waals surface area contributed by atoms with Crippen LogP contribution in [0.3, 0.4) is 0 Å². The molecule has 0 saturated carbocycles. The van der Waals surface area contributed by atoms with Crippen molar-refractivity contribution < 1.29 is 51.7 Å². The van der Waals surface area contributed by atoms with Gasteiger partial charge in [0.1, 0.15) is 0 Å². The van der Waals surface area contributed by atoms with Gasteiger partial charge in [-0.05, 0) is 40.5 Å². The van der Waals surface area contributed by atoms with Crippen molar-refractivity contribution in [3.05, 3.63) is 23.7 Å². The molecule has 0 aliphatic rings. The maximum atomic E-state index is 10.0. The Morgan fingerprint density at radius 1 is 0.739 bits per heavy atom. The van der Waals surface area contributed by atoms with Gasteiger partial charge in [-0.25, -0.2) is 0 Å². The fourth-order valence-corrected chi connectivity index (χ4v) is 0.588. The molecule has 0 radical (unpaired) electrons. The van der Waals surface area contributed by atoms with E-state index in [1.54, 1.807) is 0 Å². The van der Waals surface area contributed by atoms with Crippen LogP contribution in [-0.2, 0) is 31.3 Å². The zero-order valence-electron chi connectivity index (χ0n) is 15.1. The summed E-state index contributed by atoms with van der Waals surface area (Å²) < 4.78 is 0. The zero-order chi connectivity index (χ0) is 18.6. The maximum Gasteiger partial charge on any atom is 0.155 e. The summed E-state index contributed by atoms with van der Waals surface area (Å²) in [6.07, 6.45) is 4.08. The fourth-order valence-electron chi connectivity index (χ4n) is 0.588. The topological polar surface area (TPSA) is 115 Å². The van der Waals surface area contributed by atoms with Crippen LogP contribution in [0.25, 0.3) is 0 Å². The molecule has 0 rings (SSSR count). The Morgan fingerprint density at radius 2 is 0.913 bits per heavy atom. The SMILES string of the molecule is CC(=O)C=C(C)O.CC(=O)C=C(C)O.CCCO.CCCO.[Ti]. The summed E-state index contributed by atoms with van der Waals surface area (Å²) in [5.41, 5.74) is 0. The molecule has 0 bridgehead atoms. The molecule has 0 amide bonds. The van der Waals surface area contributed by atoms with Gasteiger partial charge in [-0.1, -0.05) is 13.8 Å². The molecular formula is C16H32O6Ti. The van der Waals surface area contributed by atoms with Gasteiger partial charge in [-0.3, -0.25) is 9.59 Å². The Labute approximate surface area is 154 Å². The average Bonchev–Trinajstić information content (AvgIpc) is 2.36. The van der Waals surface area contributed by atoms with Crippen molar-refractivity contribution in [3.63, 3.8) is 0 Å². The molecule has 7 heteroatoms. The summed E-state index contributed by atoms with van der Waals surface area (Å²) >= 11 is 0. The number of carbonyl (C=O) groups excluding carboxylic acids is 2. The number of aliphatic hydroxyl groups is 4. The zero-order valence-corrected chi connectivity index (χ0v) is 16.7. The van der Waals surface area contributed by atoms with Gasteiger partial charge in [0.2, 0.25) is 0 Å². The molecule has 0 fully saturated rings. The predicted molar refractivity (Wildman–Crippen MR) is 88.9 cm³/mol. The quantitative estimate of drug-likeness (QED) is 0.345. The summed E-state index contributed by atoms with van der Waals surface area (Å²) in [5.74, 6) is -0.125. The minimum absolute atomic E-state index is 0. The van der Waals surface area contributed by atoms with Gasteiger partial charge in [0, 0.05) is 47.1 Å². The van der Waals surface area contributed by atoms with E-state index < -0.39 is 0 Å². The van der Waals surface area contributed by atoms with Gasteiger partial charge >= 0.3 is 0 Å². The molecule has 0 aliphatic heterocycles. The molecule has 0 aromatic heterocycles. The number of carbonyl (C=O) groups is 2. The normalized spacial score (nSPS) is 9.57. The van der Waals surface area contributed by atoms with Crippen molar-refractivity contribution in [2.24, 2.45) is 0 Å². The van der Waals surface area contributed by atoms with Gasteiger partial charge in [0.25, 0.3) is 0 Å². The molecule has 6 nitrogen and oxygen atoms in total. The molecule has 0 aromatic rings. The Balaban J connectivity index is -0.0000000639. The van der Waals surface area contributed by atoms with Crippen LogP contribution < -0.4 is 0 Å². The van der Waals surface area contributed by atoms with Crippen LogP contribution in [0.2, 0.25) is 0 Å². The summed E-state index contributed by atoms with van der Waals surface area (Å²) in [4.78, 5) is 20.0. The van der Waals surface area contributed by atoms with Crippen molar-refractivity contribution >= 4 is 11.6 Å². The number of rotatable bonds is 4. The van der Waals surface area contributed by atoms with Gasteiger partial charge < -0.3 is 20.4 Å². The second-order valence-electron chi connectivity index (χ2n) is 4.24. The molecule has 0 saturated heterocycles. The van der Waals surface area contributed by atoms with Crippen molar-refractivity contribution in [1.29, 1.82) is 0 Å². The average molecular weight is 368 g/mol. The summed E-state index contributed by atoms with van der Waals surface area (Å²) in [6.45, 7) is 10.2. The summed E-state index contributed by atoms with van der Waals surface area (Å²) in [6, 6.07) is 0. The van der Waals surface area contributed by atoms with E-state index in [1.807, 2.05) is 13.8 Å². The van der Waals surface area contributed by atoms with Crippen molar-refractivity contribution in [2.75, 3.05) is 13.2 Å². The van der Waals surface area contributed by atoms with E-state index in [4.69, 9.17) is 20.4 Å². The van der Waals surface area contributed by atoms with Crippen LogP contribution in [0.15, 0.2) is 23.7 Å². The number of allylic oxidation sites excluding steroid dienone is 4. The maximum absolute atomic E-state index is 10.0. The smallest absolute Gasteiger partial charge is 0.155 e. The van der Waals surface area contributed by atoms with Gasteiger partial charge in [0.15, 0.2) is 11.6 Å². The van der Waals surface area contributed by atoms with E-state index in [9.17, 15) is 9.59 Å². The molecule has 4 N–H and O–H groups in total. The first-order valence-electron chi connectivity index (χ1n) is 7.06. The van der Waals surface area contributed by atoms with Crippen LogP contribution in [0.1, 0.15) is 54.4 Å².